The Morgan fingerprint density at radius 2 is 1.91 bits per heavy atom. The molecule has 2 aliphatic rings. The largest absolute Gasteiger partial charge is 0.523 e. The predicted octanol–water partition coefficient (Wildman–Crippen LogP) is 1.56. The van der Waals surface area contributed by atoms with Gasteiger partial charge in [-0.2, -0.15) is 21.6 Å². The number of halogens is 3. The number of hydrogen-bond acceptors (Lipinski definition) is 6. The van der Waals surface area contributed by atoms with Gasteiger partial charge in [0.1, 0.15) is 12.2 Å². The molecule has 6 nitrogen and oxygen atoms in total. The van der Waals surface area contributed by atoms with Gasteiger partial charge in [-0.15, -0.1) is 0 Å². The van der Waals surface area contributed by atoms with Crippen molar-refractivity contribution >= 4 is 10.1 Å². The average Bonchev–Trinajstić information content (AvgIpc) is 3.26. The highest BCUT2D eigenvalue weighted by Gasteiger charge is 2.59. The van der Waals surface area contributed by atoms with E-state index in [0.29, 0.717) is 0 Å². The van der Waals surface area contributed by atoms with Crippen molar-refractivity contribution in [3.05, 3.63) is 35.9 Å². The van der Waals surface area contributed by atoms with Gasteiger partial charge in [0.25, 0.3) is 0 Å². The molecular weight excluding hydrogens is 341 g/mol. The molecule has 0 unspecified atom stereocenters. The molecule has 2 heterocycles. The van der Waals surface area contributed by atoms with Gasteiger partial charge in [0.15, 0.2) is 12.4 Å². The monoisotopic (exact) mass is 354 g/mol. The number of fused-ring (bicyclic) bond motifs is 1. The van der Waals surface area contributed by atoms with Gasteiger partial charge < -0.3 is 14.2 Å². The van der Waals surface area contributed by atoms with Crippen LogP contribution in [0.2, 0.25) is 0 Å². The van der Waals surface area contributed by atoms with Crippen LogP contribution in [0.5, 0.6) is 0 Å². The molecule has 0 spiro atoms. The standard InChI is InChI=1S/C13H13F3O6S/c14-13(15,16)23(17,18)22-11-10-9(21-10)7-20-12(11)19-6-8-4-2-1-3-5-8/h1-5,9-12H,6-7H2/t9-,10-,11-,12-/m0/s1. The summed E-state index contributed by atoms with van der Waals surface area (Å²) in [6, 6.07) is 8.83. The summed E-state index contributed by atoms with van der Waals surface area (Å²) in [6.45, 7) is 0.144. The first kappa shape index (κ1) is 16.7. The minimum absolute atomic E-state index is 0.0365. The number of ether oxygens (including phenoxy) is 3. The van der Waals surface area contributed by atoms with Crippen molar-refractivity contribution in [1.29, 1.82) is 0 Å². The van der Waals surface area contributed by atoms with E-state index < -0.39 is 40.2 Å². The molecule has 2 aliphatic heterocycles. The van der Waals surface area contributed by atoms with Crippen molar-refractivity contribution in [3.8, 4) is 0 Å². The molecule has 2 saturated heterocycles. The maximum atomic E-state index is 12.5. The van der Waals surface area contributed by atoms with Crippen LogP contribution < -0.4 is 0 Å². The lowest BCUT2D eigenvalue weighted by Gasteiger charge is -2.28. The predicted molar refractivity (Wildman–Crippen MR) is 69.5 cm³/mol. The third kappa shape index (κ3) is 3.66. The molecule has 1 aromatic carbocycles. The summed E-state index contributed by atoms with van der Waals surface area (Å²) in [5.74, 6) is 0. The van der Waals surface area contributed by atoms with E-state index in [2.05, 4.69) is 4.18 Å². The SMILES string of the molecule is O=S(=O)(O[C@@H]1[C@@H](OCc2ccccc2)OC[C@@H]2O[C@H]12)C(F)(F)F. The van der Waals surface area contributed by atoms with E-state index in [0.717, 1.165) is 5.56 Å². The van der Waals surface area contributed by atoms with Gasteiger partial charge in [0.05, 0.1) is 13.2 Å². The first-order chi connectivity index (χ1) is 10.8. The number of hydrogen-bond donors (Lipinski definition) is 0. The molecule has 0 bridgehead atoms. The quantitative estimate of drug-likeness (QED) is 0.454. The van der Waals surface area contributed by atoms with Crippen molar-refractivity contribution in [2.45, 2.75) is 36.7 Å². The molecule has 3 rings (SSSR count). The Labute approximate surface area is 130 Å². The summed E-state index contributed by atoms with van der Waals surface area (Å²) in [4.78, 5) is 0. The fraction of sp³-hybridized carbons (Fsp3) is 0.538. The number of epoxide rings is 1. The Balaban J connectivity index is 1.68. The second kappa shape index (κ2) is 6.02. The van der Waals surface area contributed by atoms with Crippen LogP contribution in [0.15, 0.2) is 30.3 Å². The molecule has 1 aromatic rings. The maximum absolute atomic E-state index is 12.5. The number of alkyl halides is 3. The molecule has 23 heavy (non-hydrogen) atoms. The van der Waals surface area contributed by atoms with Gasteiger partial charge in [0.2, 0.25) is 0 Å². The lowest BCUT2D eigenvalue weighted by atomic mass is 10.1. The second-order valence-corrected chi connectivity index (χ2v) is 6.66. The van der Waals surface area contributed by atoms with Gasteiger partial charge >= 0.3 is 15.6 Å². The zero-order chi connectivity index (χ0) is 16.7. The molecule has 0 saturated carbocycles. The molecular formula is C13H13F3O6S. The third-order valence-corrected chi connectivity index (χ3v) is 4.46. The highest BCUT2D eigenvalue weighted by molar-refractivity contribution is 7.87. The van der Waals surface area contributed by atoms with Crippen LogP contribution in [-0.2, 0) is 35.1 Å². The minimum Gasteiger partial charge on any atom is -0.364 e. The smallest absolute Gasteiger partial charge is 0.364 e. The van der Waals surface area contributed by atoms with Crippen LogP contribution in [0.3, 0.4) is 0 Å². The summed E-state index contributed by atoms with van der Waals surface area (Å²) in [6.07, 6.45) is -4.03. The molecule has 0 aliphatic carbocycles. The Morgan fingerprint density at radius 3 is 2.57 bits per heavy atom. The fourth-order valence-corrected chi connectivity index (χ4v) is 2.82. The Hall–Kier alpha value is -1.20. The highest BCUT2D eigenvalue weighted by atomic mass is 32.2. The van der Waals surface area contributed by atoms with Gasteiger partial charge in [-0.1, -0.05) is 30.3 Å². The van der Waals surface area contributed by atoms with Crippen LogP contribution in [-0.4, -0.2) is 45.1 Å². The molecule has 2 fully saturated rings. The van der Waals surface area contributed by atoms with E-state index in [1.165, 1.54) is 0 Å². The van der Waals surface area contributed by atoms with Crippen LogP contribution in [0, 0.1) is 0 Å². The highest BCUT2D eigenvalue weighted by Crippen LogP contribution is 2.38. The van der Waals surface area contributed by atoms with Crippen molar-refractivity contribution in [2.24, 2.45) is 0 Å². The zero-order valence-electron chi connectivity index (χ0n) is 11.6. The average molecular weight is 354 g/mol. The number of benzene rings is 1. The molecule has 10 heteroatoms. The number of rotatable bonds is 5. The van der Waals surface area contributed by atoms with Gasteiger partial charge in [0, 0.05) is 0 Å². The Kier molecular flexibility index (Phi) is 4.36. The van der Waals surface area contributed by atoms with E-state index >= 15 is 0 Å². The van der Waals surface area contributed by atoms with E-state index in [-0.39, 0.29) is 13.2 Å². The summed E-state index contributed by atoms with van der Waals surface area (Å²) in [5.41, 5.74) is -4.76. The van der Waals surface area contributed by atoms with Crippen molar-refractivity contribution in [1.82, 2.24) is 0 Å². The topological polar surface area (TPSA) is 74.4 Å². The third-order valence-electron chi connectivity index (χ3n) is 3.42. The van der Waals surface area contributed by atoms with Crippen molar-refractivity contribution < 1.29 is 40.0 Å². The minimum atomic E-state index is -5.76. The van der Waals surface area contributed by atoms with E-state index in [1.54, 1.807) is 30.3 Å². The summed E-state index contributed by atoms with van der Waals surface area (Å²) < 4.78 is 79.7. The lowest BCUT2D eigenvalue weighted by Crippen LogP contribution is -2.46. The van der Waals surface area contributed by atoms with Crippen LogP contribution in [0.4, 0.5) is 13.2 Å². The molecule has 4 atom stereocenters. The van der Waals surface area contributed by atoms with Gasteiger partial charge in [-0.3, -0.25) is 4.18 Å². The van der Waals surface area contributed by atoms with Crippen molar-refractivity contribution in [2.75, 3.05) is 6.61 Å². The van der Waals surface area contributed by atoms with Gasteiger partial charge in [-0.05, 0) is 5.56 Å². The zero-order valence-corrected chi connectivity index (χ0v) is 12.4. The Morgan fingerprint density at radius 1 is 1.22 bits per heavy atom. The lowest BCUT2D eigenvalue weighted by molar-refractivity contribution is -0.206. The summed E-state index contributed by atoms with van der Waals surface area (Å²) >= 11 is 0. The Bertz CT molecular complexity index is 647. The fourth-order valence-electron chi connectivity index (χ4n) is 2.22. The molecule has 0 radical (unpaired) electrons. The molecule has 0 N–H and O–H groups in total. The first-order valence-corrected chi connectivity index (χ1v) is 8.11. The van der Waals surface area contributed by atoms with E-state index in [9.17, 15) is 21.6 Å². The van der Waals surface area contributed by atoms with E-state index in [1.807, 2.05) is 0 Å². The molecule has 0 amide bonds. The summed E-state index contributed by atoms with van der Waals surface area (Å²) in [7, 11) is -5.76. The van der Waals surface area contributed by atoms with E-state index in [4.69, 9.17) is 14.2 Å². The van der Waals surface area contributed by atoms with Crippen LogP contribution >= 0.6 is 0 Å². The maximum Gasteiger partial charge on any atom is 0.523 e. The molecule has 128 valence electrons. The van der Waals surface area contributed by atoms with Crippen LogP contribution in [0.1, 0.15) is 5.56 Å². The second-order valence-electron chi connectivity index (χ2n) is 5.10. The van der Waals surface area contributed by atoms with Crippen molar-refractivity contribution in [3.63, 3.8) is 0 Å². The molecule has 0 aromatic heterocycles. The first-order valence-electron chi connectivity index (χ1n) is 6.70. The van der Waals surface area contributed by atoms with Gasteiger partial charge in [-0.25, -0.2) is 0 Å². The van der Waals surface area contributed by atoms with Crippen LogP contribution in [0.25, 0.3) is 0 Å². The normalized spacial score (nSPS) is 30.7. The summed E-state index contributed by atoms with van der Waals surface area (Å²) in [5, 5.41) is 0.